The molecule has 0 bridgehead atoms. The third-order valence-electron chi connectivity index (χ3n) is 11.5. The predicted octanol–water partition coefficient (Wildman–Crippen LogP) is 14.2. The summed E-state index contributed by atoms with van der Waals surface area (Å²) < 4.78 is 7.12. The number of benzene rings is 9. The van der Waals surface area contributed by atoms with Crippen LogP contribution in [-0.4, -0.2) is 0 Å². The Labute approximate surface area is 320 Å². The molecule has 2 nitrogen and oxygen atoms in total. The van der Waals surface area contributed by atoms with Gasteiger partial charge in [0, 0.05) is 33.1 Å². The van der Waals surface area contributed by atoms with E-state index in [2.05, 4.69) is 217 Å². The van der Waals surface area contributed by atoms with Crippen LogP contribution in [0.5, 0.6) is 0 Å². The van der Waals surface area contributed by atoms with Gasteiger partial charge >= 0.3 is 0 Å². The van der Waals surface area contributed by atoms with E-state index in [1.807, 2.05) is 0 Å². The summed E-state index contributed by atoms with van der Waals surface area (Å²) in [6, 6.07) is 76.8. The molecule has 0 fully saturated rings. The molecule has 0 unspecified atom stereocenters. The molecule has 1 aliphatic rings. The number of anilines is 3. The number of hydrogen-bond acceptors (Lipinski definition) is 2. The van der Waals surface area contributed by atoms with Gasteiger partial charge in [-0.05, 0) is 74.7 Å². The van der Waals surface area contributed by atoms with Crippen LogP contribution in [0.4, 0.5) is 17.1 Å². The third kappa shape index (κ3) is 4.68. The van der Waals surface area contributed by atoms with Crippen molar-refractivity contribution in [2.75, 3.05) is 4.90 Å². The van der Waals surface area contributed by atoms with E-state index in [1.165, 1.54) is 33.4 Å². The molecule has 10 aromatic rings. The lowest BCUT2D eigenvalue weighted by Crippen LogP contribution is -2.28. The number of hydrogen-bond donors (Lipinski definition) is 0. The van der Waals surface area contributed by atoms with Crippen molar-refractivity contribution in [2.24, 2.45) is 0 Å². The molecule has 0 atom stereocenters. The van der Waals surface area contributed by atoms with Crippen molar-refractivity contribution in [1.29, 1.82) is 0 Å². The minimum atomic E-state index is -0.468. The van der Waals surface area contributed by atoms with Crippen LogP contribution >= 0.6 is 0 Å². The van der Waals surface area contributed by atoms with Gasteiger partial charge in [0.25, 0.3) is 0 Å². The fourth-order valence-corrected chi connectivity index (χ4v) is 9.20. The molecule has 0 saturated carbocycles. The van der Waals surface area contributed by atoms with Gasteiger partial charge in [-0.1, -0.05) is 182 Å². The van der Waals surface area contributed by atoms with Crippen LogP contribution in [0.25, 0.3) is 55.0 Å². The van der Waals surface area contributed by atoms with E-state index in [-0.39, 0.29) is 0 Å². The van der Waals surface area contributed by atoms with E-state index in [0.29, 0.717) is 0 Å². The van der Waals surface area contributed by atoms with Crippen LogP contribution in [0.15, 0.2) is 217 Å². The maximum Gasteiger partial charge on any atom is 0.160 e. The molecular weight excluding hydrogens is 667 g/mol. The number of nitrogens with zero attached hydrogens (tertiary/aromatic N) is 1. The lowest BCUT2D eigenvalue weighted by molar-refractivity contribution is 0.670. The van der Waals surface area contributed by atoms with Gasteiger partial charge in [-0.3, -0.25) is 0 Å². The second-order valence-electron chi connectivity index (χ2n) is 14.4. The molecule has 55 heavy (non-hydrogen) atoms. The maximum atomic E-state index is 7.12. The molecule has 1 aliphatic carbocycles. The van der Waals surface area contributed by atoms with Crippen molar-refractivity contribution in [3.63, 3.8) is 0 Å². The van der Waals surface area contributed by atoms with Crippen LogP contribution < -0.4 is 4.90 Å². The highest BCUT2D eigenvalue weighted by atomic mass is 16.3. The summed E-state index contributed by atoms with van der Waals surface area (Å²) in [5.74, 6) is 0. The summed E-state index contributed by atoms with van der Waals surface area (Å²) in [4.78, 5) is 2.38. The van der Waals surface area contributed by atoms with Crippen molar-refractivity contribution < 1.29 is 4.42 Å². The Morgan fingerprint density at radius 1 is 0.364 bits per heavy atom. The zero-order chi connectivity index (χ0) is 36.3. The monoisotopic (exact) mass is 701 g/mol. The van der Waals surface area contributed by atoms with Gasteiger partial charge in [0.1, 0.15) is 5.58 Å². The Morgan fingerprint density at radius 3 is 1.60 bits per heavy atom. The first-order valence-electron chi connectivity index (χ1n) is 18.9. The first kappa shape index (κ1) is 31.4. The quantitative estimate of drug-likeness (QED) is 0.172. The fraction of sp³-hybridized carbons (Fsp3) is 0.0189. The van der Waals surface area contributed by atoms with Gasteiger partial charge in [-0.25, -0.2) is 0 Å². The van der Waals surface area contributed by atoms with E-state index in [0.717, 1.165) is 60.9 Å². The molecule has 0 saturated heterocycles. The summed E-state index contributed by atoms with van der Waals surface area (Å²) in [6.45, 7) is 0. The largest absolute Gasteiger partial charge is 0.453 e. The summed E-state index contributed by atoms with van der Waals surface area (Å²) in [5, 5.41) is 4.50. The van der Waals surface area contributed by atoms with Crippen molar-refractivity contribution in [2.45, 2.75) is 5.41 Å². The Bertz CT molecular complexity index is 2970. The zero-order valence-corrected chi connectivity index (χ0v) is 30.1. The van der Waals surface area contributed by atoms with Crippen LogP contribution in [0.1, 0.15) is 22.3 Å². The lowest BCUT2D eigenvalue weighted by Gasteiger charge is -2.34. The first-order valence-corrected chi connectivity index (χ1v) is 18.9. The number of para-hydroxylation sites is 2. The third-order valence-corrected chi connectivity index (χ3v) is 11.5. The van der Waals surface area contributed by atoms with Gasteiger partial charge in [-0.15, -0.1) is 0 Å². The molecule has 0 amide bonds. The van der Waals surface area contributed by atoms with Crippen LogP contribution in [0.2, 0.25) is 0 Å². The Hall–Kier alpha value is -7.16. The normalized spacial score (nSPS) is 12.9. The summed E-state index contributed by atoms with van der Waals surface area (Å²) >= 11 is 0. The van der Waals surface area contributed by atoms with Gasteiger partial charge in [0.15, 0.2) is 5.58 Å². The second-order valence-corrected chi connectivity index (χ2v) is 14.4. The molecule has 1 aromatic heterocycles. The van der Waals surface area contributed by atoms with Crippen molar-refractivity contribution in [3.8, 4) is 22.3 Å². The first-order chi connectivity index (χ1) is 27.3. The van der Waals surface area contributed by atoms with Gasteiger partial charge in [0.05, 0.1) is 11.1 Å². The molecule has 0 N–H and O–H groups in total. The standard InChI is InChI=1S/C53H35NO/c1-4-17-36(18-5-1)43-27-16-28-46-47-35-37-19-10-11-24-42(37)50(52(47)55-51(43)46)54(40-22-8-3-9-23-40)41-33-31-39(32-34-41)53(38-20-6-2-7-21-38)48-29-14-12-25-44(48)45-26-13-15-30-49(45)53/h1-35H. The molecule has 0 radical (unpaired) electrons. The van der Waals surface area contributed by atoms with E-state index in [9.17, 15) is 0 Å². The average Bonchev–Trinajstić information content (AvgIpc) is 3.79. The summed E-state index contributed by atoms with van der Waals surface area (Å²) in [7, 11) is 0. The van der Waals surface area contributed by atoms with Crippen molar-refractivity contribution in [1.82, 2.24) is 0 Å². The molecule has 0 spiro atoms. The van der Waals surface area contributed by atoms with Crippen LogP contribution in [0.3, 0.4) is 0 Å². The molecule has 11 rings (SSSR count). The van der Waals surface area contributed by atoms with E-state index < -0.39 is 5.41 Å². The summed E-state index contributed by atoms with van der Waals surface area (Å²) in [6.07, 6.45) is 0. The molecular formula is C53H35NO. The summed E-state index contributed by atoms with van der Waals surface area (Å²) in [5.41, 5.74) is 14.3. The highest BCUT2D eigenvalue weighted by Crippen LogP contribution is 2.56. The molecule has 2 heteroatoms. The smallest absolute Gasteiger partial charge is 0.160 e. The lowest BCUT2D eigenvalue weighted by atomic mass is 9.68. The highest BCUT2D eigenvalue weighted by Gasteiger charge is 2.45. The fourth-order valence-electron chi connectivity index (χ4n) is 9.20. The number of fused-ring (bicyclic) bond motifs is 7. The Balaban J connectivity index is 1.17. The second kappa shape index (κ2) is 12.5. The average molecular weight is 702 g/mol. The van der Waals surface area contributed by atoms with Gasteiger partial charge in [-0.2, -0.15) is 0 Å². The topological polar surface area (TPSA) is 16.4 Å². The number of furan rings is 1. The molecule has 258 valence electrons. The van der Waals surface area contributed by atoms with E-state index in [4.69, 9.17) is 4.42 Å². The van der Waals surface area contributed by atoms with Crippen LogP contribution in [0, 0.1) is 0 Å². The van der Waals surface area contributed by atoms with Gasteiger partial charge in [0.2, 0.25) is 0 Å². The Kier molecular flexibility index (Phi) is 7.11. The highest BCUT2D eigenvalue weighted by molar-refractivity contribution is 6.20. The van der Waals surface area contributed by atoms with Crippen molar-refractivity contribution >= 4 is 49.8 Å². The minimum Gasteiger partial charge on any atom is -0.453 e. The molecule has 0 aliphatic heterocycles. The van der Waals surface area contributed by atoms with Crippen molar-refractivity contribution in [3.05, 3.63) is 235 Å². The Morgan fingerprint density at radius 2 is 0.891 bits per heavy atom. The van der Waals surface area contributed by atoms with E-state index >= 15 is 0 Å². The molecule has 9 aromatic carbocycles. The number of rotatable bonds is 6. The van der Waals surface area contributed by atoms with Gasteiger partial charge < -0.3 is 9.32 Å². The SMILES string of the molecule is c1ccc(-c2cccc3c2oc2c(N(c4ccccc4)c4ccc(C5(c6ccccc6)c6ccccc6-c6ccccc65)cc4)c4ccccc4cc23)cc1. The zero-order valence-electron chi connectivity index (χ0n) is 30.1. The minimum absolute atomic E-state index is 0.468. The maximum absolute atomic E-state index is 7.12. The molecule has 1 heterocycles. The predicted molar refractivity (Wildman–Crippen MR) is 229 cm³/mol. The van der Waals surface area contributed by atoms with E-state index in [1.54, 1.807) is 0 Å². The van der Waals surface area contributed by atoms with Crippen LogP contribution in [-0.2, 0) is 5.41 Å².